The van der Waals surface area contributed by atoms with Gasteiger partial charge in [0.15, 0.2) is 0 Å². The first-order valence-electron chi connectivity index (χ1n) is 5.35. The van der Waals surface area contributed by atoms with E-state index in [1.54, 1.807) is 0 Å². The lowest BCUT2D eigenvalue weighted by Crippen LogP contribution is -2.30. The van der Waals surface area contributed by atoms with Crippen molar-refractivity contribution in [3.63, 3.8) is 0 Å². The lowest BCUT2D eigenvalue weighted by Gasteiger charge is -2.28. The summed E-state index contributed by atoms with van der Waals surface area (Å²) in [6.45, 7) is 4.48. The monoisotopic (exact) mass is 193 g/mol. The molecule has 1 aromatic heterocycles. The number of rotatable bonds is 1. The molecule has 0 aliphatic carbocycles. The molecule has 78 valence electrons. The Labute approximate surface area is 85.7 Å². The van der Waals surface area contributed by atoms with Gasteiger partial charge in [0.2, 0.25) is 0 Å². The van der Waals surface area contributed by atoms with Crippen molar-refractivity contribution in [1.29, 1.82) is 0 Å². The van der Waals surface area contributed by atoms with Gasteiger partial charge in [-0.3, -0.25) is 0 Å². The molecule has 0 aromatic carbocycles. The number of imidazole rings is 1. The number of nitrogens with zero attached hydrogens (tertiary/aromatic N) is 3. The van der Waals surface area contributed by atoms with Crippen molar-refractivity contribution < 1.29 is 0 Å². The van der Waals surface area contributed by atoms with E-state index in [9.17, 15) is 0 Å². The smallest absolute Gasteiger partial charge is 0.111 e. The maximum atomic E-state index is 4.60. The van der Waals surface area contributed by atoms with Gasteiger partial charge in [-0.1, -0.05) is 0 Å². The van der Waals surface area contributed by atoms with E-state index >= 15 is 0 Å². The van der Waals surface area contributed by atoms with Crippen LogP contribution in [0.1, 0.15) is 30.3 Å². The molecule has 1 saturated heterocycles. The van der Waals surface area contributed by atoms with Gasteiger partial charge < -0.3 is 9.47 Å². The highest BCUT2D eigenvalue weighted by molar-refractivity contribution is 5.07. The van der Waals surface area contributed by atoms with Crippen molar-refractivity contribution in [1.82, 2.24) is 14.5 Å². The number of piperidine rings is 1. The molecule has 1 fully saturated rings. The molecule has 2 rings (SSSR count). The van der Waals surface area contributed by atoms with Gasteiger partial charge >= 0.3 is 0 Å². The second-order valence-corrected chi connectivity index (χ2v) is 4.43. The van der Waals surface area contributed by atoms with Crippen LogP contribution in [0.3, 0.4) is 0 Å². The molecule has 1 aliphatic rings. The molecular formula is C11H19N3. The number of aryl methyl sites for hydroxylation is 2. The standard InChI is InChI=1S/C11H19N3/c1-9-8-14(3)11(12-9)10-4-6-13(2)7-5-10/h8,10H,4-7H2,1-3H3. The van der Waals surface area contributed by atoms with E-state index in [1.807, 2.05) is 0 Å². The molecule has 1 aliphatic heterocycles. The fourth-order valence-corrected chi connectivity index (χ4v) is 2.28. The Kier molecular flexibility index (Phi) is 2.59. The Bertz CT molecular complexity index is 308. The topological polar surface area (TPSA) is 21.1 Å². The lowest BCUT2D eigenvalue weighted by molar-refractivity contribution is 0.249. The summed E-state index contributed by atoms with van der Waals surface area (Å²) in [6, 6.07) is 0. The van der Waals surface area contributed by atoms with Crippen LogP contribution >= 0.6 is 0 Å². The number of likely N-dealkylation sites (tertiary alicyclic amines) is 1. The zero-order valence-corrected chi connectivity index (χ0v) is 9.32. The molecular weight excluding hydrogens is 174 g/mol. The summed E-state index contributed by atoms with van der Waals surface area (Å²) in [5.74, 6) is 1.94. The van der Waals surface area contributed by atoms with Gasteiger partial charge in [0.05, 0.1) is 5.69 Å². The molecule has 2 heterocycles. The van der Waals surface area contributed by atoms with Gasteiger partial charge in [-0.05, 0) is 39.9 Å². The third kappa shape index (κ3) is 1.82. The molecule has 14 heavy (non-hydrogen) atoms. The lowest BCUT2D eigenvalue weighted by atomic mass is 9.96. The Hall–Kier alpha value is -0.830. The van der Waals surface area contributed by atoms with Crippen LogP contribution in [0.25, 0.3) is 0 Å². The van der Waals surface area contributed by atoms with E-state index in [4.69, 9.17) is 0 Å². The molecule has 0 spiro atoms. The predicted octanol–water partition coefficient (Wildman–Crippen LogP) is 1.54. The van der Waals surface area contributed by atoms with E-state index in [-0.39, 0.29) is 0 Å². The third-order valence-corrected chi connectivity index (χ3v) is 3.12. The zero-order chi connectivity index (χ0) is 10.1. The van der Waals surface area contributed by atoms with E-state index in [1.165, 1.54) is 31.8 Å². The van der Waals surface area contributed by atoms with E-state index in [0.29, 0.717) is 5.92 Å². The molecule has 1 aromatic rings. The molecule has 3 heteroatoms. The summed E-state index contributed by atoms with van der Waals surface area (Å²) >= 11 is 0. The maximum absolute atomic E-state index is 4.60. The normalized spacial score (nSPS) is 20.2. The first-order chi connectivity index (χ1) is 6.66. The van der Waals surface area contributed by atoms with Crippen LogP contribution in [0.4, 0.5) is 0 Å². The predicted molar refractivity (Wildman–Crippen MR) is 57.4 cm³/mol. The molecule has 0 N–H and O–H groups in total. The number of aromatic nitrogens is 2. The highest BCUT2D eigenvalue weighted by Gasteiger charge is 2.21. The zero-order valence-electron chi connectivity index (χ0n) is 9.32. The van der Waals surface area contributed by atoms with E-state index in [0.717, 1.165) is 5.69 Å². The molecule has 0 unspecified atom stereocenters. The first kappa shape index (κ1) is 9.71. The van der Waals surface area contributed by atoms with Crippen molar-refractivity contribution in [2.24, 2.45) is 7.05 Å². The van der Waals surface area contributed by atoms with Gasteiger partial charge in [0, 0.05) is 19.2 Å². The third-order valence-electron chi connectivity index (χ3n) is 3.12. The maximum Gasteiger partial charge on any atom is 0.111 e. The second-order valence-electron chi connectivity index (χ2n) is 4.43. The Morgan fingerprint density at radius 2 is 1.93 bits per heavy atom. The minimum Gasteiger partial charge on any atom is -0.337 e. The number of hydrogen-bond acceptors (Lipinski definition) is 2. The van der Waals surface area contributed by atoms with Crippen LogP contribution in [0, 0.1) is 6.92 Å². The van der Waals surface area contributed by atoms with Gasteiger partial charge in [-0.25, -0.2) is 4.98 Å². The van der Waals surface area contributed by atoms with E-state index < -0.39 is 0 Å². The Morgan fingerprint density at radius 1 is 1.29 bits per heavy atom. The highest BCUT2D eigenvalue weighted by atomic mass is 15.1. The van der Waals surface area contributed by atoms with Gasteiger partial charge in [0.1, 0.15) is 5.82 Å². The minimum absolute atomic E-state index is 0.671. The molecule has 0 saturated carbocycles. The molecule has 0 radical (unpaired) electrons. The van der Waals surface area contributed by atoms with Crippen LogP contribution in [0.15, 0.2) is 6.20 Å². The van der Waals surface area contributed by atoms with Gasteiger partial charge in [-0.2, -0.15) is 0 Å². The van der Waals surface area contributed by atoms with Crippen molar-refractivity contribution in [2.45, 2.75) is 25.7 Å². The summed E-state index contributed by atoms with van der Waals surface area (Å²) in [7, 11) is 4.30. The molecule has 3 nitrogen and oxygen atoms in total. The SMILES string of the molecule is Cc1cn(C)c(C2CCN(C)CC2)n1. The van der Waals surface area contributed by atoms with Crippen LogP contribution in [0.2, 0.25) is 0 Å². The van der Waals surface area contributed by atoms with Crippen molar-refractivity contribution in [2.75, 3.05) is 20.1 Å². The van der Waals surface area contributed by atoms with Gasteiger partial charge in [-0.15, -0.1) is 0 Å². The summed E-state index contributed by atoms with van der Waals surface area (Å²) in [5.41, 5.74) is 1.14. The average Bonchev–Trinajstić information content (AvgIpc) is 2.47. The molecule has 0 atom stereocenters. The Balaban J connectivity index is 2.11. The van der Waals surface area contributed by atoms with E-state index in [2.05, 4.69) is 41.7 Å². The quantitative estimate of drug-likeness (QED) is 0.674. The fraction of sp³-hybridized carbons (Fsp3) is 0.727. The summed E-state index contributed by atoms with van der Waals surface area (Å²) in [5, 5.41) is 0. The first-order valence-corrected chi connectivity index (χ1v) is 5.35. The summed E-state index contributed by atoms with van der Waals surface area (Å²) < 4.78 is 2.19. The van der Waals surface area contributed by atoms with Crippen molar-refractivity contribution in [3.05, 3.63) is 17.7 Å². The van der Waals surface area contributed by atoms with Crippen molar-refractivity contribution in [3.8, 4) is 0 Å². The number of hydrogen-bond donors (Lipinski definition) is 0. The molecule has 0 amide bonds. The highest BCUT2D eigenvalue weighted by Crippen LogP contribution is 2.26. The van der Waals surface area contributed by atoms with Crippen LogP contribution < -0.4 is 0 Å². The van der Waals surface area contributed by atoms with Crippen LogP contribution in [0.5, 0.6) is 0 Å². The van der Waals surface area contributed by atoms with Crippen LogP contribution in [-0.4, -0.2) is 34.6 Å². The second kappa shape index (κ2) is 3.73. The Morgan fingerprint density at radius 3 is 2.43 bits per heavy atom. The average molecular weight is 193 g/mol. The van der Waals surface area contributed by atoms with Crippen LogP contribution in [-0.2, 0) is 7.05 Å². The summed E-state index contributed by atoms with van der Waals surface area (Å²) in [6.07, 6.45) is 4.62. The summed E-state index contributed by atoms with van der Waals surface area (Å²) in [4.78, 5) is 7.00. The minimum atomic E-state index is 0.671. The largest absolute Gasteiger partial charge is 0.337 e. The van der Waals surface area contributed by atoms with Gasteiger partial charge in [0.25, 0.3) is 0 Å². The van der Waals surface area contributed by atoms with Crippen molar-refractivity contribution >= 4 is 0 Å². The molecule has 0 bridgehead atoms. The fourth-order valence-electron chi connectivity index (χ4n) is 2.28.